The standard InChI is InChI=1S/C20H34N4O3/c1-2-4-20-19(3-1)24-10-6-22-8-15-25-14-7-21-5-9-23(12-18-27-20)11-16-26-17-13-24/h1-4,21-22H,5-18H2. The maximum absolute atomic E-state index is 6.18. The van der Waals surface area contributed by atoms with E-state index in [1.54, 1.807) is 0 Å². The minimum absolute atomic E-state index is 0.687. The fourth-order valence-corrected chi connectivity index (χ4v) is 3.38. The molecule has 1 atom stereocenters. The molecule has 0 aromatic heterocycles. The average molecular weight is 379 g/mol. The van der Waals surface area contributed by atoms with Gasteiger partial charge >= 0.3 is 0 Å². The highest BCUT2D eigenvalue weighted by Crippen LogP contribution is 2.27. The van der Waals surface area contributed by atoms with Crippen LogP contribution in [0.4, 0.5) is 5.69 Å². The van der Waals surface area contributed by atoms with E-state index < -0.39 is 0 Å². The van der Waals surface area contributed by atoms with Crippen molar-refractivity contribution in [2.45, 2.75) is 0 Å². The minimum Gasteiger partial charge on any atom is -0.490 e. The molecule has 0 saturated carbocycles. The highest BCUT2D eigenvalue weighted by atomic mass is 16.5. The van der Waals surface area contributed by atoms with E-state index in [2.05, 4.69) is 38.6 Å². The first-order valence-corrected chi connectivity index (χ1v) is 10.2. The predicted molar refractivity (Wildman–Crippen MR) is 108 cm³/mol. The normalized spacial score (nSPS) is 24.4. The molecule has 0 amide bonds. The topological polar surface area (TPSA) is 58.2 Å². The second-order valence-electron chi connectivity index (χ2n) is 6.87. The van der Waals surface area contributed by atoms with Gasteiger partial charge in [-0.3, -0.25) is 4.90 Å². The van der Waals surface area contributed by atoms with Gasteiger partial charge in [0.2, 0.25) is 0 Å². The van der Waals surface area contributed by atoms with Gasteiger partial charge in [0.05, 0.1) is 32.1 Å². The Morgan fingerprint density at radius 3 is 2.26 bits per heavy atom. The zero-order valence-corrected chi connectivity index (χ0v) is 16.3. The molecule has 3 aliphatic rings. The number of hydrogen-bond donors (Lipinski definition) is 2. The first-order chi connectivity index (χ1) is 13.4. The first kappa shape index (κ1) is 20.4. The van der Waals surface area contributed by atoms with Crippen molar-refractivity contribution in [1.82, 2.24) is 15.5 Å². The number of nitrogens with zero attached hydrogens (tertiary/aromatic N) is 2. The van der Waals surface area contributed by atoms with Gasteiger partial charge in [-0.15, -0.1) is 0 Å². The zero-order chi connectivity index (χ0) is 18.6. The highest BCUT2D eigenvalue weighted by molar-refractivity contribution is 5.58. The molecule has 1 aromatic carbocycles. The van der Waals surface area contributed by atoms with Gasteiger partial charge in [-0.2, -0.15) is 0 Å². The third-order valence-corrected chi connectivity index (χ3v) is 4.94. The monoisotopic (exact) mass is 378 g/mol. The van der Waals surface area contributed by atoms with Crippen molar-refractivity contribution in [1.29, 1.82) is 0 Å². The van der Waals surface area contributed by atoms with Crippen molar-refractivity contribution in [3.8, 4) is 5.75 Å². The minimum atomic E-state index is 0.687. The number of anilines is 1. The Kier molecular flexibility index (Phi) is 9.16. The fourth-order valence-electron chi connectivity index (χ4n) is 3.38. The van der Waals surface area contributed by atoms with Crippen molar-refractivity contribution in [2.24, 2.45) is 0 Å². The lowest BCUT2D eigenvalue weighted by Crippen LogP contribution is -2.40. The number of benzene rings is 1. The summed E-state index contributed by atoms with van der Waals surface area (Å²) in [6, 6.07) is 8.33. The van der Waals surface area contributed by atoms with E-state index >= 15 is 0 Å². The lowest BCUT2D eigenvalue weighted by atomic mass is 10.2. The lowest BCUT2D eigenvalue weighted by Gasteiger charge is -2.29. The molecule has 27 heavy (non-hydrogen) atoms. The molecular formula is C20H34N4O3. The van der Waals surface area contributed by atoms with Gasteiger partial charge in [0.25, 0.3) is 0 Å². The Labute approximate surface area is 162 Å². The molecule has 152 valence electrons. The summed E-state index contributed by atoms with van der Waals surface area (Å²) in [4.78, 5) is 4.76. The van der Waals surface area contributed by atoms with Gasteiger partial charge in [0, 0.05) is 58.9 Å². The Balaban J connectivity index is 1.71. The van der Waals surface area contributed by atoms with Crippen LogP contribution >= 0.6 is 0 Å². The number of ether oxygens (including phenoxy) is 3. The Morgan fingerprint density at radius 2 is 1.37 bits per heavy atom. The molecule has 4 rings (SSSR count). The van der Waals surface area contributed by atoms with Crippen molar-refractivity contribution in [2.75, 3.05) is 96.8 Å². The second-order valence-corrected chi connectivity index (χ2v) is 6.87. The number of para-hydroxylation sites is 2. The largest absolute Gasteiger partial charge is 0.490 e. The molecule has 7 heteroatoms. The molecule has 0 aliphatic carbocycles. The van der Waals surface area contributed by atoms with Gasteiger partial charge in [0.15, 0.2) is 0 Å². The van der Waals surface area contributed by atoms with Gasteiger partial charge in [-0.25, -0.2) is 0 Å². The highest BCUT2D eigenvalue weighted by Gasteiger charge is 2.14. The molecule has 2 N–H and O–H groups in total. The SMILES string of the molecule is c1ccc2c(c1)OCCN1CCNCCOCCNCCN2CCOCC1. The molecule has 2 bridgehead atoms. The van der Waals surface area contributed by atoms with E-state index in [0.717, 1.165) is 96.8 Å². The third kappa shape index (κ3) is 7.27. The number of hydrogen-bond acceptors (Lipinski definition) is 7. The Bertz CT molecular complexity index is 532. The van der Waals surface area contributed by atoms with Crippen LogP contribution in [0.1, 0.15) is 0 Å². The summed E-state index contributed by atoms with van der Waals surface area (Å²) in [5.41, 5.74) is 1.15. The quantitative estimate of drug-likeness (QED) is 0.635. The van der Waals surface area contributed by atoms with Crippen LogP contribution in [0.15, 0.2) is 24.3 Å². The van der Waals surface area contributed by atoms with Crippen molar-refractivity contribution >= 4 is 5.69 Å². The smallest absolute Gasteiger partial charge is 0.142 e. The molecule has 7 nitrogen and oxygen atoms in total. The molecule has 1 fully saturated rings. The van der Waals surface area contributed by atoms with Crippen LogP contribution in [0.5, 0.6) is 5.75 Å². The summed E-state index contributed by atoms with van der Waals surface area (Å²) in [6.07, 6.45) is 0. The maximum Gasteiger partial charge on any atom is 0.142 e. The van der Waals surface area contributed by atoms with Crippen LogP contribution in [-0.4, -0.2) is 96.8 Å². The molecule has 0 radical (unpaired) electrons. The Hall–Kier alpha value is -1.38. The van der Waals surface area contributed by atoms with Crippen molar-refractivity contribution in [3.63, 3.8) is 0 Å². The number of nitrogens with one attached hydrogen (secondary N) is 2. The van der Waals surface area contributed by atoms with E-state index in [-0.39, 0.29) is 0 Å². The number of rotatable bonds is 0. The van der Waals surface area contributed by atoms with E-state index in [1.165, 1.54) is 0 Å². The van der Waals surface area contributed by atoms with E-state index in [0.29, 0.717) is 6.61 Å². The molecule has 0 spiro atoms. The number of fused-ring (bicyclic) bond motifs is 16. The first-order valence-electron chi connectivity index (χ1n) is 10.2. The van der Waals surface area contributed by atoms with E-state index in [1.807, 2.05) is 6.07 Å². The van der Waals surface area contributed by atoms with Crippen molar-refractivity contribution in [3.05, 3.63) is 24.3 Å². The summed E-state index contributed by atoms with van der Waals surface area (Å²) in [7, 11) is 0. The zero-order valence-electron chi connectivity index (χ0n) is 16.3. The molecule has 1 saturated heterocycles. The maximum atomic E-state index is 6.18. The fraction of sp³-hybridized carbons (Fsp3) is 0.700. The Morgan fingerprint density at radius 1 is 0.667 bits per heavy atom. The summed E-state index contributed by atoms with van der Waals surface area (Å²) in [5, 5.41) is 6.93. The predicted octanol–water partition coefficient (Wildman–Crippen LogP) is 0.413. The molecule has 1 aromatic rings. The lowest BCUT2D eigenvalue weighted by molar-refractivity contribution is 0.0986. The van der Waals surface area contributed by atoms with Gasteiger partial charge < -0.3 is 29.7 Å². The van der Waals surface area contributed by atoms with E-state index in [4.69, 9.17) is 14.2 Å². The molecule has 3 heterocycles. The molecule has 1 unspecified atom stereocenters. The van der Waals surface area contributed by atoms with E-state index in [9.17, 15) is 0 Å². The van der Waals surface area contributed by atoms with Crippen LogP contribution in [0.25, 0.3) is 0 Å². The summed E-state index contributed by atoms with van der Waals surface area (Å²) in [5.74, 6) is 0.959. The third-order valence-electron chi connectivity index (χ3n) is 4.94. The summed E-state index contributed by atoms with van der Waals surface area (Å²) in [6.45, 7) is 11.9. The summed E-state index contributed by atoms with van der Waals surface area (Å²) < 4.78 is 17.8. The van der Waals surface area contributed by atoms with Gasteiger partial charge in [-0.1, -0.05) is 12.1 Å². The van der Waals surface area contributed by atoms with Crippen LogP contribution in [0.2, 0.25) is 0 Å². The second kappa shape index (κ2) is 12.2. The van der Waals surface area contributed by atoms with Crippen molar-refractivity contribution < 1.29 is 14.2 Å². The van der Waals surface area contributed by atoms with Crippen LogP contribution in [-0.2, 0) is 9.47 Å². The van der Waals surface area contributed by atoms with Gasteiger partial charge in [-0.05, 0) is 12.1 Å². The molecular weight excluding hydrogens is 344 g/mol. The van der Waals surface area contributed by atoms with Crippen LogP contribution < -0.4 is 20.3 Å². The molecule has 3 aliphatic heterocycles. The summed E-state index contributed by atoms with van der Waals surface area (Å²) >= 11 is 0. The van der Waals surface area contributed by atoms with Crippen LogP contribution in [0, 0.1) is 0 Å². The van der Waals surface area contributed by atoms with Gasteiger partial charge in [0.1, 0.15) is 12.4 Å². The average Bonchev–Trinajstić information content (AvgIpc) is 2.68. The van der Waals surface area contributed by atoms with Crippen LogP contribution in [0.3, 0.4) is 0 Å².